The Morgan fingerprint density at radius 2 is 0.941 bits per heavy atom. The summed E-state index contributed by atoms with van der Waals surface area (Å²) in [5, 5.41) is 40.2. The van der Waals surface area contributed by atoms with E-state index in [9.17, 15) is 38.7 Å². The van der Waals surface area contributed by atoms with Crippen molar-refractivity contribution in [1.29, 1.82) is 0 Å². The number of aliphatic carboxylic acids is 3. The topological polar surface area (TPSA) is 259 Å². The molecule has 0 bridgehead atoms. The zero-order valence-corrected chi connectivity index (χ0v) is 30.1. The van der Waals surface area contributed by atoms with Gasteiger partial charge in [-0.25, -0.2) is 4.79 Å². The lowest BCUT2D eigenvalue weighted by Gasteiger charge is -2.15. The van der Waals surface area contributed by atoms with Crippen LogP contribution in [0.15, 0.2) is 0 Å². The van der Waals surface area contributed by atoms with E-state index >= 15 is 0 Å². The lowest BCUT2D eigenvalue weighted by atomic mass is 10.1. The van der Waals surface area contributed by atoms with Crippen LogP contribution in [0.4, 0.5) is 0 Å². The summed E-state index contributed by atoms with van der Waals surface area (Å²) >= 11 is 0. The van der Waals surface area contributed by atoms with Crippen molar-refractivity contribution in [2.75, 3.05) is 53.1 Å². The number of hydrogen-bond donors (Lipinski definition) is 8. The summed E-state index contributed by atoms with van der Waals surface area (Å²) in [5.41, 5.74) is 0. The molecule has 0 heterocycles. The van der Waals surface area contributed by atoms with E-state index in [1.54, 1.807) is 7.05 Å². The molecule has 17 heteroatoms. The van der Waals surface area contributed by atoms with E-state index in [0.29, 0.717) is 91.0 Å². The zero-order valence-electron chi connectivity index (χ0n) is 30.1. The van der Waals surface area contributed by atoms with Crippen LogP contribution in [0.1, 0.15) is 109 Å². The molecule has 0 aliphatic heterocycles. The Morgan fingerprint density at radius 3 is 1.47 bits per heavy atom. The number of hydrogen-bond acceptors (Lipinski definition) is 10. The minimum Gasteiger partial charge on any atom is -0.481 e. The number of unbranched alkanes of at least 4 members (excludes halogenated alkanes) is 6. The fourth-order valence-corrected chi connectivity index (χ4v) is 4.78. The van der Waals surface area contributed by atoms with Gasteiger partial charge >= 0.3 is 17.9 Å². The van der Waals surface area contributed by atoms with Crippen molar-refractivity contribution in [1.82, 2.24) is 26.6 Å². The second kappa shape index (κ2) is 32.1. The van der Waals surface area contributed by atoms with Crippen LogP contribution in [0.2, 0.25) is 0 Å². The van der Waals surface area contributed by atoms with E-state index in [2.05, 4.69) is 26.6 Å². The Labute approximate surface area is 300 Å². The molecule has 51 heavy (non-hydrogen) atoms. The number of carboxylic acids is 3. The molecule has 0 aliphatic rings. The van der Waals surface area contributed by atoms with Crippen LogP contribution in [-0.4, -0.2) is 122 Å². The van der Waals surface area contributed by atoms with Crippen LogP contribution in [0, 0.1) is 0 Å². The average molecular weight is 732 g/mol. The second-order valence-electron chi connectivity index (χ2n) is 12.2. The van der Waals surface area contributed by atoms with Gasteiger partial charge in [0.2, 0.25) is 23.6 Å². The van der Waals surface area contributed by atoms with Crippen molar-refractivity contribution in [3.63, 3.8) is 0 Å². The quantitative estimate of drug-likeness (QED) is 0.0429. The molecule has 0 aromatic carbocycles. The van der Waals surface area contributed by atoms with E-state index in [-0.39, 0.29) is 49.8 Å². The largest absolute Gasteiger partial charge is 0.481 e. The number of carbonyl (C=O) groups is 7. The molecule has 0 rings (SSSR count). The van der Waals surface area contributed by atoms with Crippen molar-refractivity contribution < 1.29 is 58.4 Å². The lowest BCUT2D eigenvalue weighted by molar-refractivity contribution is -0.142. The number of nitrogens with one attached hydrogen (secondary N) is 5. The smallest absolute Gasteiger partial charge is 0.326 e. The fraction of sp³-hybridized carbons (Fsp3) is 0.794. The Bertz CT molecular complexity index is 1030. The van der Waals surface area contributed by atoms with E-state index in [4.69, 9.17) is 19.7 Å². The molecule has 2 atom stereocenters. The first-order valence-corrected chi connectivity index (χ1v) is 18.1. The third-order valence-electron chi connectivity index (χ3n) is 7.75. The summed E-state index contributed by atoms with van der Waals surface area (Å²) in [7, 11) is 1.56. The molecule has 0 spiro atoms. The summed E-state index contributed by atoms with van der Waals surface area (Å²) < 4.78 is 11.0. The van der Waals surface area contributed by atoms with Crippen LogP contribution in [0.5, 0.6) is 0 Å². The first kappa shape index (κ1) is 47.2. The molecule has 0 aromatic rings. The van der Waals surface area contributed by atoms with Gasteiger partial charge in [0.05, 0.1) is 13.2 Å². The third-order valence-corrected chi connectivity index (χ3v) is 7.75. The Morgan fingerprint density at radius 1 is 0.471 bits per heavy atom. The molecule has 0 unspecified atom stereocenters. The zero-order chi connectivity index (χ0) is 38.1. The van der Waals surface area contributed by atoms with E-state index < -0.39 is 35.9 Å². The maximum absolute atomic E-state index is 12.2. The predicted octanol–water partition coefficient (Wildman–Crippen LogP) is 1.33. The Hall–Kier alpha value is -3.83. The molecule has 0 radical (unpaired) electrons. The number of likely N-dealkylation sites (N-methyl/N-ethyl adjacent to an activating group) is 1. The highest BCUT2D eigenvalue weighted by molar-refractivity contribution is 5.87. The van der Waals surface area contributed by atoms with Crippen molar-refractivity contribution >= 4 is 41.5 Å². The van der Waals surface area contributed by atoms with E-state index in [1.807, 2.05) is 0 Å². The Kier molecular flexibility index (Phi) is 29.7. The van der Waals surface area contributed by atoms with Gasteiger partial charge in [0.1, 0.15) is 12.1 Å². The van der Waals surface area contributed by atoms with Gasteiger partial charge in [0, 0.05) is 65.0 Å². The second-order valence-corrected chi connectivity index (χ2v) is 12.2. The fourth-order valence-electron chi connectivity index (χ4n) is 4.78. The summed E-state index contributed by atoms with van der Waals surface area (Å²) in [4.78, 5) is 81.2. The van der Waals surface area contributed by atoms with Gasteiger partial charge < -0.3 is 51.4 Å². The van der Waals surface area contributed by atoms with Crippen molar-refractivity contribution in [2.45, 2.75) is 121 Å². The highest BCUT2D eigenvalue weighted by Crippen LogP contribution is 2.09. The highest BCUT2D eigenvalue weighted by atomic mass is 16.5. The van der Waals surface area contributed by atoms with Gasteiger partial charge in [-0.1, -0.05) is 25.7 Å². The first-order valence-electron chi connectivity index (χ1n) is 18.1. The summed E-state index contributed by atoms with van der Waals surface area (Å²) in [6.07, 6.45) is 8.30. The van der Waals surface area contributed by atoms with Crippen LogP contribution in [0.3, 0.4) is 0 Å². The Balaban J connectivity index is 3.74. The van der Waals surface area contributed by atoms with Crippen molar-refractivity contribution in [2.24, 2.45) is 0 Å². The van der Waals surface area contributed by atoms with Gasteiger partial charge in [0.25, 0.3) is 0 Å². The molecule has 0 aromatic heterocycles. The minimum absolute atomic E-state index is 0.0185. The van der Waals surface area contributed by atoms with Gasteiger partial charge in [-0.05, 0) is 58.4 Å². The monoisotopic (exact) mass is 731 g/mol. The number of carbonyl (C=O) groups excluding carboxylic acids is 4. The molecular weight excluding hydrogens is 670 g/mol. The van der Waals surface area contributed by atoms with Gasteiger partial charge in [-0.2, -0.15) is 0 Å². The summed E-state index contributed by atoms with van der Waals surface area (Å²) in [5.74, 6) is -4.33. The van der Waals surface area contributed by atoms with Crippen molar-refractivity contribution in [3.8, 4) is 0 Å². The number of ether oxygens (including phenoxy) is 2. The molecule has 17 nitrogen and oxygen atoms in total. The molecule has 294 valence electrons. The van der Waals surface area contributed by atoms with E-state index in [0.717, 1.165) is 32.1 Å². The molecule has 0 saturated carbocycles. The predicted molar refractivity (Wildman–Crippen MR) is 187 cm³/mol. The van der Waals surface area contributed by atoms with Gasteiger partial charge in [-0.15, -0.1) is 0 Å². The normalized spacial score (nSPS) is 12.0. The molecule has 0 saturated heterocycles. The molecular formula is C34H61N5O12. The molecule has 0 aliphatic carbocycles. The van der Waals surface area contributed by atoms with Gasteiger partial charge in [-0.3, -0.25) is 28.8 Å². The third kappa shape index (κ3) is 30.7. The van der Waals surface area contributed by atoms with Crippen LogP contribution < -0.4 is 26.6 Å². The molecule has 0 fully saturated rings. The maximum atomic E-state index is 12.2. The summed E-state index contributed by atoms with van der Waals surface area (Å²) in [6.45, 7) is 2.88. The van der Waals surface area contributed by atoms with Crippen LogP contribution in [-0.2, 0) is 43.0 Å². The molecule has 8 N–H and O–H groups in total. The van der Waals surface area contributed by atoms with Crippen LogP contribution in [0.25, 0.3) is 0 Å². The minimum atomic E-state index is -1.29. The lowest BCUT2D eigenvalue weighted by Crippen LogP contribution is -2.42. The first-order chi connectivity index (χ1) is 24.5. The summed E-state index contributed by atoms with van der Waals surface area (Å²) in [6, 6.07) is -1.93. The SMILES string of the molecule is CN[C@@H](CCCCNC(=O)CC[C@H](NC(=O)CCC(=O)NCCCOCCOCCCNC(=O)CCCCCCCCC(=O)O)C(=O)O)C(=O)O. The average Bonchev–Trinajstić information content (AvgIpc) is 3.08. The van der Waals surface area contributed by atoms with Crippen LogP contribution >= 0.6 is 0 Å². The number of carboxylic acid groups (broad SMARTS) is 3. The maximum Gasteiger partial charge on any atom is 0.326 e. The molecule has 4 amide bonds. The van der Waals surface area contributed by atoms with E-state index in [1.165, 1.54) is 0 Å². The van der Waals surface area contributed by atoms with Gasteiger partial charge in [0.15, 0.2) is 0 Å². The highest BCUT2D eigenvalue weighted by Gasteiger charge is 2.21. The number of rotatable bonds is 35. The standard InChI is InChI=1S/C34H61N5O12/c1-35-26(33(46)47)12-8-9-19-36-29(41)16-15-27(34(48)49)39-31(43)18-17-30(42)38-21-11-23-51-25-24-50-22-10-20-37-28(40)13-6-4-2-3-5-7-14-32(44)45/h26-27,35H,2-25H2,1H3,(H,36,41)(H,37,40)(H,38,42)(H,39,43)(H,44,45)(H,46,47)(H,48,49)/t26-,27-/m0/s1. The van der Waals surface area contributed by atoms with Crippen molar-refractivity contribution in [3.05, 3.63) is 0 Å². The number of amides is 4.